The number of carbonyl (C=O) groups excluding carboxylic acids is 1. The minimum atomic E-state index is -0.0989. The molecule has 2 bridgehead atoms. The molecule has 42 heavy (non-hydrogen) atoms. The van der Waals surface area contributed by atoms with Crippen LogP contribution in [0.25, 0.3) is 22.1 Å². The molecule has 5 heterocycles. The van der Waals surface area contributed by atoms with Gasteiger partial charge >= 0.3 is 0 Å². The van der Waals surface area contributed by atoms with E-state index in [0.717, 1.165) is 28.0 Å². The third kappa shape index (κ3) is 4.63. The molecule has 0 radical (unpaired) electrons. The van der Waals surface area contributed by atoms with Crippen molar-refractivity contribution in [3.8, 4) is 11.5 Å². The van der Waals surface area contributed by atoms with Crippen LogP contribution >= 0.6 is 0 Å². The summed E-state index contributed by atoms with van der Waals surface area (Å²) in [6, 6.07) is 11.3. The maximum absolute atomic E-state index is 12.5. The number of fused-ring (bicyclic) bond motifs is 4. The zero-order chi connectivity index (χ0) is 28.8. The lowest BCUT2D eigenvalue weighted by Gasteiger charge is -2.49. The molecule has 1 amide bonds. The fourth-order valence-corrected chi connectivity index (χ4v) is 5.57. The van der Waals surface area contributed by atoms with Gasteiger partial charge in [0, 0.05) is 31.9 Å². The van der Waals surface area contributed by atoms with Crippen molar-refractivity contribution >= 4 is 45.4 Å². The molecule has 13 nitrogen and oxygen atoms in total. The molecule has 2 saturated heterocycles. The molecule has 0 spiro atoms. The Labute approximate surface area is 240 Å². The van der Waals surface area contributed by atoms with Crippen LogP contribution in [0.2, 0.25) is 0 Å². The highest BCUT2D eigenvalue weighted by atomic mass is 16.5. The summed E-state index contributed by atoms with van der Waals surface area (Å²) in [4.78, 5) is 34.7. The summed E-state index contributed by atoms with van der Waals surface area (Å²) in [6.45, 7) is 7.68. The maximum Gasteiger partial charge on any atom is 0.246 e. The number of ether oxygens (including phenoxy) is 2. The first-order valence-electron chi connectivity index (χ1n) is 13.6. The Morgan fingerprint density at radius 1 is 1.10 bits per heavy atom. The zero-order valence-corrected chi connectivity index (χ0v) is 23.1. The number of nitrogens with zero attached hydrogens (tertiary/aromatic N) is 9. The van der Waals surface area contributed by atoms with Gasteiger partial charge in [-0.3, -0.25) is 4.79 Å². The summed E-state index contributed by atoms with van der Waals surface area (Å²) in [5.74, 6) is 2.45. The summed E-state index contributed by atoms with van der Waals surface area (Å²) in [7, 11) is 1.86. The molecule has 2 aliphatic heterocycles. The van der Waals surface area contributed by atoms with Gasteiger partial charge in [0.05, 0.1) is 37.0 Å². The van der Waals surface area contributed by atoms with E-state index >= 15 is 0 Å². The van der Waals surface area contributed by atoms with Gasteiger partial charge in [0.25, 0.3) is 0 Å². The van der Waals surface area contributed by atoms with Gasteiger partial charge in [0.1, 0.15) is 34.4 Å². The molecule has 0 unspecified atom stereocenters. The van der Waals surface area contributed by atoms with Crippen molar-refractivity contribution in [2.24, 2.45) is 7.05 Å². The number of amides is 1. The third-order valence-corrected chi connectivity index (χ3v) is 7.59. The highest BCUT2D eigenvalue weighted by Crippen LogP contribution is 2.31. The lowest BCUT2D eigenvalue weighted by molar-refractivity contribution is -0.142. The Bertz CT molecular complexity index is 1830. The largest absolute Gasteiger partial charge is 0.457 e. The second-order valence-electron chi connectivity index (χ2n) is 10.4. The van der Waals surface area contributed by atoms with E-state index in [9.17, 15) is 4.79 Å². The van der Waals surface area contributed by atoms with Crippen LogP contribution in [0.5, 0.6) is 11.5 Å². The second-order valence-corrected chi connectivity index (χ2v) is 10.4. The van der Waals surface area contributed by atoms with Gasteiger partial charge < -0.3 is 24.6 Å². The molecule has 5 aromatic rings. The number of aromatic nitrogens is 7. The Balaban J connectivity index is 1.12. The fourth-order valence-electron chi connectivity index (χ4n) is 5.57. The first kappa shape index (κ1) is 25.8. The van der Waals surface area contributed by atoms with Crippen LogP contribution in [-0.4, -0.2) is 84.1 Å². The average molecular weight is 565 g/mol. The van der Waals surface area contributed by atoms with Crippen LogP contribution in [0.4, 0.5) is 17.5 Å². The van der Waals surface area contributed by atoms with Crippen molar-refractivity contribution in [1.82, 2.24) is 39.8 Å². The van der Waals surface area contributed by atoms with Gasteiger partial charge in [-0.15, -0.1) is 5.10 Å². The van der Waals surface area contributed by atoms with Crippen molar-refractivity contribution in [3.05, 3.63) is 67.1 Å². The van der Waals surface area contributed by atoms with E-state index < -0.39 is 0 Å². The minimum Gasteiger partial charge on any atom is -0.457 e. The summed E-state index contributed by atoms with van der Waals surface area (Å²) in [5.41, 5.74) is 4.69. The molecule has 2 aromatic carbocycles. The van der Waals surface area contributed by atoms with Crippen LogP contribution in [0, 0.1) is 6.92 Å². The molecule has 1 N–H and O–H groups in total. The number of hydrogen-bond acceptors (Lipinski definition) is 11. The number of piperazine rings is 1. The SMILES string of the molecule is C=CC(=O)N1[C@@H]2COC[C@H]1CN(c1ncc3ncnc(Nc4ccc(Oc5ccc6c(c5)nnn6C)c(C)c4)c3n1)C2. The van der Waals surface area contributed by atoms with E-state index in [2.05, 4.69) is 42.1 Å². The van der Waals surface area contributed by atoms with Crippen molar-refractivity contribution in [2.45, 2.75) is 19.0 Å². The smallest absolute Gasteiger partial charge is 0.246 e. The first-order chi connectivity index (χ1) is 20.5. The van der Waals surface area contributed by atoms with Gasteiger partial charge in [-0.1, -0.05) is 11.8 Å². The van der Waals surface area contributed by atoms with Gasteiger partial charge in [-0.05, 0) is 48.9 Å². The van der Waals surface area contributed by atoms with Crippen molar-refractivity contribution < 1.29 is 14.3 Å². The Hall–Kier alpha value is -5.17. The van der Waals surface area contributed by atoms with E-state index in [-0.39, 0.29) is 18.0 Å². The molecular weight excluding hydrogens is 536 g/mol. The molecular formula is C29H28N10O3. The number of hydrogen-bond donors (Lipinski definition) is 1. The predicted molar refractivity (Wildman–Crippen MR) is 156 cm³/mol. The highest BCUT2D eigenvalue weighted by Gasteiger charge is 2.40. The van der Waals surface area contributed by atoms with Crippen molar-refractivity contribution in [3.63, 3.8) is 0 Å². The van der Waals surface area contributed by atoms with Crippen LogP contribution < -0.4 is 15.0 Å². The number of anilines is 3. The van der Waals surface area contributed by atoms with Crippen LogP contribution in [-0.2, 0) is 16.6 Å². The van der Waals surface area contributed by atoms with Crippen molar-refractivity contribution in [2.75, 3.05) is 36.5 Å². The number of benzene rings is 2. The van der Waals surface area contributed by atoms with Crippen molar-refractivity contribution in [1.29, 1.82) is 0 Å². The van der Waals surface area contributed by atoms with Crippen LogP contribution in [0.3, 0.4) is 0 Å². The predicted octanol–water partition coefficient (Wildman–Crippen LogP) is 3.15. The molecule has 13 heteroatoms. The normalized spacial score (nSPS) is 18.3. The van der Waals surface area contributed by atoms with E-state index in [4.69, 9.17) is 14.5 Å². The highest BCUT2D eigenvalue weighted by molar-refractivity contribution is 5.88. The number of carbonyl (C=O) groups is 1. The van der Waals surface area contributed by atoms with E-state index in [1.807, 2.05) is 55.3 Å². The summed E-state index contributed by atoms with van der Waals surface area (Å²) in [6.07, 6.45) is 4.55. The van der Waals surface area contributed by atoms with E-state index in [1.165, 1.54) is 12.4 Å². The third-order valence-electron chi connectivity index (χ3n) is 7.59. The maximum atomic E-state index is 12.5. The number of aryl methyl sites for hydroxylation is 2. The topological polar surface area (TPSA) is 136 Å². The van der Waals surface area contributed by atoms with Gasteiger partial charge in [-0.25, -0.2) is 24.6 Å². The molecule has 3 aromatic heterocycles. The molecule has 7 rings (SSSR count). The van der Waals surface area contributed by atoms with E-state index in [0.29, 0.717) is 54.9 Å². The minimum absolute atomic E-state index is 0.0782. The molecule has 0 saturated carbocycles. The van der Waals surface area contributed by atoms with E-state index in [1.54, 1.807) is 10.9 Å². The summed E-state index contributed by atoms with van der Waals surface area (Å²) >= 11 is 0. The lowest BCUT2D eigenvalue weighted by atomic mass is 10.0. The van der Waals surface area contributed by atoms with Crippen LogP contribution in [0.15, 0.2) is 61.6 Å². The average Bonchev–Trinajstić information content (AvgIpc) is 3.37. The zero-order valence-electron chi connectivity index (χ0n) is 23.1. The quantitative estimate of drug-likeness (QED) is 0.305. The summed E-state index contributed by atoms with van der Waals surface area (Å²) < 4.78 is 13.6. The molecule has 2 fully saturated rings. The Morgan fingerprint density at radius 3 is 2.71 bits per heavy atom. The number of rotatable bonds is 6. The first-order valence-corrected chi connectivity index (χ1v) is 13.6. The number of morpholine rings is 1. The summed E-state index contributed by atoms with van der Waals surface area (Å²) in [5, 5.41) is 11.6. The second kappa shape index (κ2) is 10.3. The lowest BCUT2D eigenvalue weighted by Crippen LogP contribution is -2.66. The fraction of sp³-hybridized carbons (Fsp3) is 0.276. The van der Waals surface area contributed by atoms with Gasteiger partial charge in [0.2, 0.25) is 11.9 Å². The Morgan fingerprint density at radius 2 is 1.93 bits per heavy atom. The Kier molecular flexibility index (Phi) is 6.35. The monoisotopic (exact) mass is 564 g/mol. The standard InChI is InChI=1S/C29H28N10O3/c1-4-26(40)39-19-12-38(13-20(39)15-41-14-19)29-30-11-23-27(34-29)28(32-16-31-23)33-18-5-8-25(17(2)9-18)42-21-6-7-24-22(10-21)35-36-37(24)3/h4-11,16,19-20H,1,12-15H2,2-3H3,(H,31,32,33)/t19-,20+. The van der Waals surface area contributed by atoms with Gasteiger partial charge in [0.15, 0.2) is 5.82 Å². The van der Waals surface area contributed by atoms with Gasteiger partial charge in [-0.2, -0.15) is 0 Å². The molecule has 2 atom stereocenters. The molecule has 0 aliphatic carbocycles. The van der Waals surface area contributed by atoms with Crippen LogP contribution in [0.1, 0.15) is 5.56 Å². The molecule has 212 valence electrons. The molecule has 2 aliphatic rings. The number of nitrogens with one attached hydrogen (secondary N) is 1.